The molecule has 2 aromatic heterocycles. The third kappa shape index (κ3) is 3.48. The molecule has 0 radical (unpaired) electrons. The van der Waals surface area contributed by atoms with Crippen LogP contribution in [0.3, 0.4) is 0 Å². The highest BCUT2D eigenvalue weighted by Crippen LogP contribution is 2.41. The molecule has 4 rings (SSSR count). The van der Waals surface area contributed by atoms with Crippen molar-refractivity contribution in [3.8, 4) is 0 Å². The molecule has 0 saturated carbocycles. The predicted molar refractivity (Wildman–Crippen MR) is 93.3 cm³/mol. The highest BCUT2D eigenvalue weighted by atomic mass is 35.5. The van der Waals surface area contributed by atoms with Crippen molar-refractivity contribution >= 4 is 38.8 Å². The maximum atomic E-state index is 11.9. The number of nitrogens with zero attached hydrogens (tertiary/aromatic N) is 4. The van der Waals surface area contributed by atoms with Gasteiger partial charge >= 0.3 is 0 Å². The predicted octanol–water partition coefficient (Wildman–Crippen LogP) is 0.456. The normalized spacial score (nSPS) is 30.5. The summed E-state index contributed by atoms with van der Waals surface area (Å²) in [6.45, 7) is 3.67. The molecule has 0 unspecified atom stereocenters. The van der Waals surface area contributed by atoms with Gasteiger partial charge in [-0.2, -0.15) is 18.4 Å². The topological polar surface area (TPSA) is 141 Å². The van der Waals surface area contributed by atoms with Crippen LogP contribution in [0, 0.1) is 0 Å². The molecule has 0 bridgehead atoms. The maximum Gasteiger partial charge on any atom is 0.264 e. The minimum Gasteiger partial charge on any atom is -0.368 e. The van der Waals surface area contributed by atoms with E-state index in [4.69, 9.17) is 35.7 Å². The van der Waals surface area contributed by atoms with Gasteiger partial charge in [0.15, 0.2) is 28.9 Å². The minimum absolute atomic E-state index is 0.0500. The number of halogens is 1. The highest BCUT2D eigenvalue weighted by molar-refractivity contribution is 7.86. The highest BCUT2D eigenvalue weighted by Gasteiger charge is 2.54. The second-order valence-corrected chi connectivity index (χ2v) is 8.78. The van der Waals surface area contributed by atoms with E-state index in [1.807, 2.05) is 0 Å². The van der Waals surface area contributed by atoms with Crippen LogP contribution in [-0.2, 0) is 28.5 Å². The van der Waals surface area contributed by atoms with Gasteiger partial charge < -0.3 is 19.9 Å². The molecule has 13 heteroatoms. The van der Waals surface area contributed by atoms with Crippen molar-refractivity contribution in [2.45, 2.75) is 44.2 Å². The summed E-state index contributed by atoms with van der Waals surface area (Å²) in [6.07, 6.45) is -0.729. The Morgan fingerprint density at radius 2 is 2.15 bits per heavy atom. The largest absolute Gasteiger partial charge is 0.368 e. The molecule has 2 N–H and O–H groups in total. The molecule has 2 aliphatic rings. The summed E-state index contributed by atoms with van der Waals surface area (Å²) in [6, 6.07) is 0. The lowest BCUT2D eigenvalue weighted by atomic mass is 10.1. The molecular formula is C14H18ClN5O6S. The van der Waals surface area contributed by atoms with Gasteiger partial charge in [-0.3, -0.25) is 8.75 Å². The molecule has 2 aromatic rings. The summed E-state index contributed by atoms with van der Waals surface area (Å²) in [5.41, 5.74) is 6.28. The molecule has 0 aliphatic carbocycles. The Kier molecular flexibility index (Phi) is 4.33. The van der Waals surface area contributed by atoms with Gasteiger partial charge in [-0.05, 0) is 13.8 Å². The quantitative estimate of drug-likeness (QED) is 0.550. The Morgan fingerprint density at radius 1 is 1.41 bits per heavy atom. The second kappa shape index (κ2) is 6.22. The number of hydrogen-bond donors (Lipinski definition) is 1. The van der Waals surface area contributed by atoms with Gasteiger partial charge in [0.1, 0.15) is 17.7 Å². The van der Waals surface area contributed by atoms with E-state index >= 15 is 0 Å². The zero-order valence-corrected chi connectivity index (χ0v) is 16.3. The lowest BCUT2D eigenvalue weighted by Crippen LogP contribution is -2.50. The van der Waals surface area contributed by atoms with Crippen LogP contribution in [0.5, 0.6) is 0 Å². The van der Waals surface area contributed by atoms with Crippen LogP contribution < -0.4 is 5.73 Å². The lowest BCUT2D eigenvalue weighted by Gasteiger charge is -2.38. The molecule has 2 saturated heterocycles. The summed E-state index contributed by atoms with van der Waals surface area (Å²) in [7, 11) is -3.81. The minimum atomic E-state index is -3.81. The Bertz CT molecular complexity index is 995. The standard InChI is InChI=1S/C14H18ClN5O6S/c1-14(2)23-4-6-8(25-14)9(26-27(3,21)22)12(24-6)20-5-17-7-10(15)18-13(16)19-11(7)20/h5-6,8-9,12H,4H2,1-3H3,(H2,16,18,19)/t6-,8-,9-,12+/m0/s1. The molecular weight excluding hydrogens is 402 g/mol. The van der Waals surface area contributed by atoms with E-state index in [2.05, 4.69) is 15.0 Å². The molecule has 0 amide bonds. The number of imidazole rings is 1. The van der Waals surface area contributed by atoms with Gasteiger partial charge in [-0.1, -0.05) is 11.6 Å². The van der Waals surface area contributed by atoms with E-state index < -0.39 is 40.4 Å². The fraction of sp³-hybridized carbons (Fsp3) is 0.643. The van der Waals surface area contributed by atoms with Crippen molar-refractivity contribution in [3.05, 3.63) is 11.5 Å². The van der Waals surface area contributed by atoms with Crippen LogP contribution in [0.1, 0.15) is 20.1 Å². The van der Waals surface area contributed by atoms with Crippen molar-refractivity contribution in [2.75, 3.05) is 18.6 Å². The Labute approximate surface area is 159 Å². The number of hydrogen-bond acceptors (Lipinski definition) is 10. The number of anilines is 1. The van der Waals surface area contributed by atoms with Crippen LogP contribution in [0.4, 0.5) is 5.95 Å². The van der Waals surface area contributed by atoms with E-state index in [1.54, 1.807) is 13.8 Å². The van der Waals surface area contributed by atoms with E-state index in [9.17, 15) is 8.42 Å². The fourth-order valence-electron chi connectivity index (χ4n) is 3.24. The number of nitrogen functional groups attached to an aromatic ring is 1. The summed E-state index contributed by atoms with van der Waals surface area (Å²) in [4.78, 5) is 12.2. The first kappa shape index (κ1) is 18.8. The lowest BCUT2D eigenvalue weighted by molar-refractivity contribution is -0.299. The van der Waals surface area contributed by atoms with Gasteiger partial charge in [0.25, 0.3) is 10.1 Å². The Balaban J connectivity index is 1.79. The third-order valence-electron chi connectivity index (χ3n) is 4.26. The van der Waals surface area contributed by atoms with Crippen molar-refractivity contribution in [2.24, 2.45) is 0 Å². The summed E-state index contributed by atoms with van der Waals surface area (Å²) >= 11 is 6.06. The third-order valence-corrected chi connectivity index (χ3v) is 5.09. The molecule has 2 fully saturated rings. The molecule has 11 nitrogen and oxygen atoms in total. The van der Waals surface area contributed by atoms with E-state index in [-0.39, 0.29) is 17.7 Å². The molecule has 0 aromatic carbocycles. The Hall–Kier alpha value is -1.57. The zero-order chi connectivity index (χ0) is 19.6. The van der Waals surface area contributed by atoms with Crippen LogP contribution in [0.2, 0.25) is 5.15 Å². The first-order chi connectivity index (χ1) is 12.5. The van der Waals surface area contributed by atoms with E-state index in [0.29, 0.717) is 11.2 Å². The van der Waals surface area contributed by atoms with Crippen molar-refractivity contribution in [1.29, 1.82) is 0 Å². The average molecular weight is 420 g/mol. The number of fused-ring (bicyclic) bond motifs is 2. The number of aromatic nitrogens is 4. The van der Waals surface area contributed by atoms with Gasteiger partial charge in [-0.25, -0.2) is 4.98 Å². The van der Waals surface area contributed by atoms with Crippen molar-refractivity contribution in [1.82, 2.24) is 19.5 Å². The number of ether oxygens (including phenoxy) is 3. The second-order valence-electron chi connectivity index (χ2n) is 6.82. The van der Waals surface area contributed by atoms with Gasteiger partial charge in [0, 0.05) is 0 Å². The molecule has 4 heterocycles. The monoisotopic (exact) mass is 419 g/mol. The molecule has 27 heavy (non-hydrogen) atoms. The van der Waals surface area contributed by atoms with Crippen LogP contribution >= 0.6 is 11.6 Å². The van der Waals surface area contributed by atoms with Gasteiger partial charge in [-0.15, -0.1) is 0 Å². The first-order valence-electron chi connectivity index (χ1n) is 8.05. The van der Waals surface area contributed by atoms with E-state index in [1.165, 1.54) is 10.9 Å². The zero-order valence-electron chi connectivity index (χ0n) is 14.7. The summed E-state index contributed by atoms with van der Waals surface area (Å²) < 4.78 is 48.0. The molecule has 4 atom stereocenters. The van der Waals surface area contributed by atoms with E-state index in [0.717, 1.165) is 6.26 Å². The summed E-state index contributed by atoms with van der Waals surface area (Å²) in [5.74, 6) is -0.961. The molecule has 0 spiro atoms. The average Bonchev–Trinajstić information content (AvgIpc) is 3.07. The van der Waals surface area contributed by atoms with Crippen molar-refractivity contribution in [3.63, 3.8) is 0 Å². The summed E-state index contributed by atoms with van der Waals surface area (Å²) in [5, 5.41) is 0.0768. The first-order valence-corrected chi connectivity index (χ1v) is 10.2. The smallest absolute Gasteiger partial charge is 0.264 e. The van der Waals surface area contributed by atoms with Gasteiger partial charge in [0.05, 0.1) is 19.2 Å². The Morgan fingerprint density at radius 3 is 2.85 bits per heavy atom. The number of rotatable bonds is 3. The van der Waals surface area contributed by atoms with Gasteiger partial charge in [0.2, 0.25) is 5.95 Å². The number of nitrogens with two attached hydrogens (primary N) is 1. The van der Waals surface area contributed by atoms with Crippen molar-refractivity contribution < 1.29 is 26.8 Å². The maximum absolute atomic E-state index is 11.9. The van der Waals surface area contributed by atoms with Crippen LogP contribution in [-0.4, -0.2) is 64.9 Å². The van der Waals surface area contributed by atoms with Crippen LogP contribution in [0.15, 0.2) is 6.33 Å². The van der Waals surface area contributed by atoms with Crippen LogP contribution in [0.25, 0.3) is 11.2 Å². The fourth-order valence-corrected chi connectivity index (χ4v) is 4.07. The molecule has 2 aliphatic heterocycles. The SMILES string of the molecule is CC1(C)OC[C@@H]2O[C@@H](n3cnc4c(Cl)nc(N)nc43)[C@@H](OS(C)(=O)=O)[C@H]2O1. The molecule has 148 valence electrons.